The lowest BCUT2D eigenvalue weighted by Crippen LogP contribution is -2.33. The highest BCUT2D eigenvalue weighted by atomic mass is 19.1. The Labute approximate surface area is 107 Å². The molecule has 0 aromatic heterocycles. The summed E-state index contributed by atoms with van der Waals surface area (Å²) >= 11 is 0. The smallest absolute Gasteiger partial charge is 0.251 e. The van der Waals surface area contributed by atoms with E-state index in [4.69, 9.17) is 5.73 Å². The van der Waals surface area contributed by atoms with Crippen molar-refractivity contribution in [1.29, 1.82) is 0 Å². The molecule has 1 aliphatic rings. The summed E-state index contributed by atoms with van der Waals surface area (Å²) in [6.45, 7) is 5.15. The largest absolute Gasteiger partial charge is 0.366 e. The molecule has 4 heteroatoms. The second kappa shape index (κ2) is 5.48. The van der Waals surface area contributed by atoms with Crippen LogP contribution in [0, 0.1) is 5.82 Å². The Balaban J connectivity index is 2.19. The number of benzene rings is 1. The molecule has 0 saturated carbocycles. The van der Waals surface area contributed by atoms with Crippen molar-refractivity contribution in [2.75, 3.05) is 19.6 Å². The Morgan fingerprint density at radius 1 is 1.44 bits per heavy atom. The van der Waals surface area contributed by atoms with Gasteiger partial charge in [-0.25, -0.2) is 4.39 Å². The Hall–Kier alpha value is -1.42. The van der Waals surface area contributed by atoms with Crippen molar-refractivity contribution in [2.45, 2.75) is 25.7 Å². The summed E-state index contributed by atoms with van der Waals surface area (Å²) in [5, 5.41) is 0. The number of nitrogens with two attached hydrogens (primary N) is 1. The number of nitrogens with zero attached hydrogens (tertiary/aromatic N) is 1. The number of piperidine rings is 1. The Kier molecular flexibility index (Phi) is 3.97. The summed E-state index contributed by atoms with van der Waals surface area (Å²) in [4.78, 5) is 13.5. The number of likely N-dealkylation sites (tertiary alicyclic amines) is 1. The maximum absolute atomic E-state index is 14.2. The molecule has 0 aliphatic carbocycles. The van der Waals surface area contributed by atoms with Gasteiger partial charge in [0.25, 0.3) is 5.91 Å². The molecular formula is C14H19FN2O. The second-order valence-electron chi connectivity index (χ2n) is 4.78. The second-order valence-corrected chi connectivity index (χ2v) is 4.78. The van der Waals surface area contributed by atoms with Gasteiger partial charge in [-0.3, -0.25) is 4.79 Å². The lowest BCUT2D eigenvalue weighted by molar-refractivity contribution is 0.0996. The van der Waals surface area contributed by atoms with Crippen LogP contribution in [0.4, 0.5) is 4.39 Å². The first-order valence-electron chi connectivity index (χ1n) is 6.44. The molecule has 1 amide bonds. The zero-order valence-corrected chi connectivity index (χ0v) is 10.7. The topological polar surface area (TPSA) is 46.3 Å². The number of amides is 1. The molecular weight excluding hydrogens is 231 g/mol. The summed E-state index contributed by atoms with van der Waals surface area (Å²) in [6, 6.07) is 4.93. The van der Waals surface area contributed by atoms with Crippen LogP contribution in [0.15, 0.2) is 18.2 Å². The van der Waals surface area contributed by atoms with Gasteiger partial charge in [0.2, 0.25) is 0 Å². The first-order chi connectivity index (χ1) is 8.63. The predicted molar refractivity (Wildman–Crippen MR) is 69.0 cm³/mol. The fourth-order valence-electron chi connectivity index (χ4n) is 2.62. The van der Waals surface area contributed by atoms with E-state index in [1.165, 1.54) is 6.07 Å². The third kappa shape index (κ3) is 2.53. The van der Waals surface area contributed by atoms with Gasteiger partial charge in [-0.15, -0.1) is 0 Å². The molecule has 1 aliphatic heterocycles. The van der Waals surface area contributed by atoms with Gasteiger partial charge in [0.1, 0.15) is 5.82 Å². The zero-order valence-electron chi connectivity index (χ0n) is 10.7. The molecule has 0 atom stereocenters. The molecule has 98 valence electrons. The Morgan fingerprint density at radius 3 is 2.67 bits per heavy atom. The molecule has 0 spiro atoms. The van der Waals surface area contributed by atoms with Gasteiger partial charge in [-0.2, -0.15) is 0 Å². The van der Waals surface area contributed by atoms with Crippen LogP contribution in [0.25, 0.3) is 0 Å². The van der Waals surface area contributed by atoms with Crippen molar-refractivity contribution < 1.29 is 9.18 Å². The average molecular weight is 250 g/mol. The SMILES string of the molecule is CCN1CCC(c2cccc(C(N)=O)c2F)CC1. The van der Waals surface area contributed by atoms with E-state index in [0.29, 0.717) is 5.56 Å². The van der Waals surface area contributed by atoms with Gasteiger partial charge in [-0.1, -0.05) is 19.1 Å². The van der Waals surface area contributed by atoms with Crippen LogP contribution in [0.2, 0.25) is 0 Å². The number of rotatable bonds is 3. The molecule has 2 rings (SSSR count). The van der Waals surface area contributed by atoms with E-state index in [2.05, 4.69) is 11.8 Å². The molecule has 1 aromatic carbocycles. The predicted octanol–water partition coefficient (Wildman–Crippen LogP) is 2.12. The Morgan fingerprint density at radius 2 is 2.11 bits per heavy atom. The first-order valence-corrected chi connectivity index (χ1v) is 6.44. The van der Waals surface area contributed by atoms with Crippen LogP contribution in [-0.2, 0) is 0 Å². The van der Waals surface area contributed by atoms with Crippen LogP contribution in [-0.4, -0.2) is 30.4 Å². The number of carbonyl (C=O) groups is 1. The van der Waals surface area contributed by atoms with Gasteiger partial charge in [0.05, 0.1) is 5.56 Å². The van der Waals surface area contributed by atoms with E-state index in [1.54, 1.807) is 12.1 Å². The molecule has 18 heavy (non-hydrogen) atoms. The monoisotopic (exact) mass is 250 g/mol. The highest BCUT2D eigenvalue weighted by Crippen LogP contribution is 2.30. The van der Waals surface area contributed by atoms with Crippen LogP contribution >= 0.6 is 0 Å². The van der Waals surface area contributed by atoms with E-state index in [9.17, 15) is 9.18 Å². The van der Waals surface area contributed by atoms with E-state index in [1.807, 2.05) is 0 Å². The molecule has 0 radical (unpaired) electrons. The summed E-state index contributed by atoms with van der Waals surface area (Å²) < 4.78 is 14.2. The molecule has 1 aromatic rings. The lowest BCUT2D eigenvalue weighted by Gasteiger charge is -2.31. The van der Waals surface area contributed by atoms with Crippen molar-refractivity contribution in [1.82, 2.24) is 4.90 Å². The van der Waals surface area contributed by atoms with Gasteiger partial charge in [-0.05, 0) is 50.0 Å². The maximum Gasteiger partial charge on any atom is 0.251 e. The lowest BCUT2D eigenvalue weighted by atomic mass is 9.88. The summed E-state index contributed by atoms with van der Waals surface area (Å²) in [7, 11) is 0. The molecule has 1 saturated heterocycles. The van der Waals surface area contributed by atoms with Crippen LogP contribution < -0.4 is 5.73 Å². The average Bonchev–Trinajstić information content (AvgIpc) is 2.39. The number of hydrogen-bond acceptors (Lipinski definition) is 2. The van der Waals surface area contributed by atoms with E-state index in [-0.39, 0.29) is 11.5 Å². The highest BCUT2D eigenvalue weighted by Gasteiger charge is 2.23. The minimum Gasteiger partial charge on any atom is -0.366 e. The minimum atomic E-state index is -0.694. The van der Waals surface area contributed by atoms with Gasteiger partial charge < -0.3 is 10.6 Å². The van der Waals surface area contributed by atoms with E-state index in [0.717, 1.165) is 32.5 Å². The number of primary amides is 1. The van der Waals surface area contributed by atoms with Gasteiger partial charge in [0, 0.05) is 0 Å². The summed E-state index contributed by atoms with van der Waals surface area (Å²) in [6.07, 6.45) is 1.87. The maximum atomic E-state index is 14.2. The summed E-state index contributed by atoms with van der Waals surface area (Å²) in [5.41, 5.74) is 5.82. The summed E-state index contributed by atoms with van der Waals surface area (Å²) in [5.74, 6) is -0.924. The fraction of sp³-hybridized carbons (Fsp3) is 0.500. The highest BCUT2D eigenvalue weighted by molar-refractivity contribution is 5.93. The van der Waals surface area contributed by atoms with Crippen molar-refractivity contribution in [3.05, 3.63) is 35.1 Å². The fourth-order valence-corrected chi connectivity index (χ4v) is 2.62. The van der Waals surface area contributed by atoms with Crippen LogP contribution in [0.3, 0.4) is 0 Å². The number of carbonyl (C=O) groups excluding carboxylic acids is 1. The van der Waals surface area contributed by atoms with Crippen molar-refractivity contribution in [2.24, 2.45) is 5.73 Å². The first kappa shape index (κ1) is 13.0. The van der Waals surface area contributed by atoms with E-state index < -0.39 is 11.7 Å². The molecule has 1 heterocycles. The number of halogens is 1. The van der Waals surface area contributed by atoms with Gasteiger partial charge in [0.15, 0.2) is 0 Å². The minimum absolute atomic E-state index is 0.00502. The van der Waals surface area contributed by atoms with Crippen molar-refractivity contribution >= 4 is 5.91 Å². The standard InChI is InChI=1S/C14H19FN2O/c1-2-17-8-6-10(7-9-17)11-4-3-5-12(13(11)15)14(16)18/h3-5,10H,2,6-9H2,1H3,(H2,16,18). The normalized spacial score (nSPS) is 17.9. The Bertz CT molecular complexity index is 439. The van der Waals surface area contributed by atoms with Crippen molar-refractivity contribution in [3.63, 3.8) is 0 Å². The molecule has 1 fully saturated rings. The molecule has 3 nitrogen and oxygen atoms in total. The zero-order chi connectivity index (χ0) is 13.1. The van der Waals surface area contributed by atoms with Crippen molar-refractivity contribution in [3.8, 4) is 0 Å². The van der Waals surface area contributed by atoms with Gasteiger partial charge >= 0.3 is 0 Å². The van der Waals surface area contributed by atoms with Crippen LogP contribution in [0.5, 0.6) is 0 Å². The molecule has 0 bridgehead atoms. The third-order valence-electron chi connectivity index (χ3n) is 3.77. The van der Waals surface area contributed by atoms with Crippen LogP contribution in [0.1, 0.15) is 41.6 Å². The van der Waals surface area contributed by atoms with E-state index >= 15 is 0 Å². The molecule has 2 N–H and O–H groups in total. The number of hydrogen-bond donors (Lipinski definition) is 1. The molecule has 0 unspecified atom stereocenters. The third-order valence-corrected chi connectivity index (χ3v) is 3.77. The quantitative estimate of drug-likeness (QED) is 0.893.